The smallest absolute Gasteiger partial charge is 0.264 e. The number of sulfonamides is 1. The molecule has 30 heavy (non-hydrogen) atoms. The third-order valence-electron chi connectivity index (χ3n) is 5.54. The number of hydrogen-bond donors (Lipinski definition) is 1. The molecule has 1 heterocycles. The number of carbonyl (C=O) groups excluding carboxylic acids is 1. The van der Waals surface area contributed by atoms with E-state index in [4.69, 9.17) is 0 Å². The minimum atomic E-state index is -3.61. The van der Waals surface area contributed by atoms with Crippen LogP contribution in [0.4, 0.5) is 11.4 Å². The highest BCUT2D eigenvalue weighted by Crippen LogP contribution is 2.43. The van der Waals surface area contributed by atoms with Crippen LogP contribution in [0.3, 0.4) is 0 Å². The molecule has 0 aromatic heterocycles. The lowest BCUT2D eigenvalue weighted by Crippen LogP contribution is -2.34. The van der Waals surface area contributed by atoms with Crippen LogP contribution in [0.2, 0.25) is 0 Å². The number of anilines is 2. The average molecular weight is 421 g/mol. The number of fused-ring (bicyclic) bond motifs is 3. The molecule has 6 heteroatoms. The van der Waals surface area contributed by atoms with Crippen molar-refractivity contribution in [3.63, 3.8) is 0 Å². The van der Waals surface area contributed by atoms with Crippen LogP contribution in [-0.2, 0) is 16.4 Å². The van der Waals surface area contributed by atoms with E-state index in [-0.39, 0.29) is 10.8 Å². The van der Waals surface area contributed by atoms with E-state index in [2.05, 4.69) is 12.2 Å². The van der Waals surface area contributed by atoms with Crippen LogP contribution in [0.15, 0.2) is 65.6 Å². The molecule has 1 aliphatic heterocycles. The predicted octanol–water partition coefficient (Wildman–Crippen LogP) is 5.01. The maximum absolute atomic E-state index is 13.1. The monoisotopic (exact) mass is 420 g/mol. The van der Waals surface area contributed by atoms with Crippen LogP contribution in [0.1, 0.15) is 35.3 Å². The summed E-state index contributed by atoms with van der Waals surface area (Å²) >= 11 is 0. The van der Waals surface area contributed by atoms with Gasteiger partial charge in [-0.1, -0.05) is 43.3 Å². The summed E-state index contributed by atoms with van der Waals surface area (Å²) in [6.45, 7) is 6.15. The van der Waals surface area contributed by atoms with Crippen molar-refractivity contribution in [3.8, 4) is 11.1 Å². The van der Waals surface area contributed by atoms with Gasteiger partial charge in [-0.05, 0) is 55.7 Å². The Hall–Kier alpha value is -3.12. The molecule has 0 spiro atoms. The zero-order valence-electron chi connectivity index (χ0n) is 17.3. The molecule has 4 rings (SSSR count). The molecule has 0 atom stereocenters. The van der Waals surface area contributed by atoms with Crippen LogP contribution >= 0.6 is 0 Å². The van der Waals surface area contributed by atoms with Crippen molar-refractivity contribution in [2.75, 3.05) is 16.2 Å². The van der Waals surface area contributed by atoms with E-state index >= 15 is 0 Å². The van der Waals surface area contributed by atoms with Gasteiger partial charge in [0.05, 0.1) is 10.6 Å². The van der Waals surface area contributed by atoms with Gasteiger partial charge in [-0.25, -0.2) is 8.42 Å². The third-order valence-corrected chi connectivity index (χ3v) is 7.49. The summed E-state index contributed by atoms with van der Waals surface area (Å²) in [5.41, 5.74) is 5.37. The predicted molar refractivity (Wildman–Crippen MR) is 121 cm³/mol. The fourth-order valence-electron chi connectivity index (χ4n) is 4.00. The second kappa shape index (κ2) is 7.61. The lowest BCUT2D eigenvalue weighted by molar-refractivity contribution is 0.102. The highest BCUT2D eigenvalue weighted by atomic mass is 32.2. The van der Waals surface area contributed by atoms with E-state index in [9.17, 15) is 13.2 Å². The molecule has 3 aromatic carbocycles. The molecule has 0 saturated heterocycles. The Morgan fingerprint density at radius 2 is 1.73 bits per heavy atom. The number of carbonyl (C=O) groups is 1. The Morgan fingerprint density at radius 1 is 0.967 bits per heavy atom. The van der Waals surface area contributed by atoms with Crippen LogP contribution in [0, 0.1) is 6.92 Å². The standard InChI is InChI=1S/C24H24N2O3S/c1-4-17-10-8-9-16(3)23(17)25-24(27)18-13-14-21-20(15-18)19-11-6-7-12-22(19)30(28,29)26(21)5-2/h6-15H,4-5H2,1-3H3,(H,25,27). The Bertz CT molecular complexity index is 1250. The maximum atomic E-state index is 13.1. The first-order valence-electron chi connectivity index (χ1n) is 10.0. The van der Waals surface area contributed by atoms with Crippen molar-refractivity contribution in [2.45, 2.75) is 32.1 Å². The Morgan fingerprint density at radius 3 is 2.47 bits per heavy atom. The molecular formula is C24H24N2O3S. The molecule has 1 N–H and O–H groups in total. The fraction of sp³-hybridized carbons (Fsp3) is 0.208. The molecule has 0 bridgehead atoms. The summed E-state index contributed by atoms with van der Waals surface area (Å²) in [7, 11) is -3.61. The number of nitrogens with one attached hydrogen (secondary N) is 1. The second-order valence-electron chi connectivity index (χ2n) is 7.31. The first-order valence-corrected chi connectivity index (χ1v) is 11.5. The third kappa shape index (κ3) is 3.17. The van der Waals surface area contributed by atoms with Crippen molar-refractivity contribution in [1.29, 1.82) is 0 Å². The van der Waals surface area contributed by atoms with Gasteiger partial charge in [0, 0.05) is 28.9 Å². The van der Waals surface area contributed by atoms with Gasteiger partial charge in [0.2, 0.25) is 0 Å². The lowest BCUT2D eigenvalue weighted by Gasteiger charge is -2.31. The summed E-state index contributed by atoms with van der Waals surface area (Å²) in [5, 5.41) is 3.05. The first-order chi connectivity index (χ1) is 14.4. The van der Waals surface area contributed by atoms with Gasteiger partial charge < -0.3 is 5.32 Å². The molecular weight excluding hydrogens is 396 g/mol. The van der Waals surface area contributed by atoms with Crippen molar-refractivity contribution in [3.05, 3.63) is 77.4 Å². The quantitative estimate of drug-likeness (QED) is 0.645. The summed E-state index contributed by atoms with van der Waals surface area (Å²) in [5.74, 6) is -0.212. The minimum absolute atomic E-state index is 0.212. The summed E-state index contributed by atoms with van der Waals surface area (Å²) in [6.07, 6.45) is 0.818. The largest absolute Gasteiger partial charge is 0.321 e. The number of benzene rings is 3. The molecule has 0 radical (unpaired) electrons. The number of rotatable bonds is 4. The SMILES string of the molecule is CCc1cccc(C)c1NC(=O)c1ccc2c(c1)-c1ccccc1S(=O)(=O)N2CC. The minimum Gasteiger partial charge on any atom is -0.321 e. The Balaban J connectivity index is 1.80. The zero-order chi connectivity index (χ0) is 21.5. The first kappa shape index (κ1) is 20.2. The van der Waals surface area contributed by atoms with Gasteiger partial charge in [0.1, 0.15) is 0 Å². The van der Waals surface area contributed by atoms with Crippen molar-refractivity contribution < 1.29 is 13.2 Å². The lowest BCUT2D eigenvalue weighted by atomic mass is 9.99. The Labute approximate surface area is 177 Å². The van der Waals surface area contributed by atoms with Gasteiger partial charge >= 0.3 is 0 Å². The maximum Gasteiger partial charge on any atom is 0.264 e. The number of para-hydroxylation sites is 1. The molecule has 0 aliphatic carbocycles. The van der Waals surface area contributed by atoms with Crippen molar-refractivity contribution in [1.82, 2.24) is 0 Å². The summed E-state index contributed by atoms with van der Waals surface area (Å²) < 4.78 is 27.4. The van der Waals surface area contributed by atoms with E-state index in [0.717, 1.165) is 28.8 Å². The number of amides is 1. The van der Waals surface area contributed by atoms with E-state index in [1.807, 2.05) is 31.2 Å². The van der Waals surface area contributed by atoms with Gasteiger partial charge in [-0.3, -0.25) is 9.10 Å². The molecule has 1 aliphatic rings. The molecule has 154 valence electrons. The second-order valence-corrected chi connectivity index (χ2v) is 9.15. The van der Waals surface area contributed by atoms with Gasteiger partial charge in [-0.2, -0.15) is 0 Å². The van der Waals surface area contributed by atoms with Gasteiger partial charge in [0.15, 0.2) is 0 Å². The van der Waals surface area contributed by atoms with Gasteiger partial charge in [-0.15, -0.1) is 0 Å². The zero-order valence-corrected chi connectivity index (χ0v) is 18.1. The van der Waals surface area contributed by atoms with Gasteiger partial charge in [0.25, 0.3) is 15.9 Å². The summed E-state index contributed by atoms with van der Waals surface area (Å²) in [4.78, 5) is 13.3. The number of nitrogens with zero attached hydrogens (tertiary/aromatic N) is 1. The Kier molecular flexibility index (Phi) is 5.12. The van der Waals surface area contributed by atoms with Crippen LogP contribution in [0.5, 0.6) is 0 Å². The molecule has 5 nitrogen and oxygen atoms in total. The highest BCUT2D eigenvalue weighted by molar-refractivity contribution is 7.93. The summed E-state index contributed by atoms with van der Waals surface area (Å²) in [6, 6.07) is 18.1. The van der Waals surface area contributed by atoms with E-state index in [0.29, 0.717) is 23.4 Å². The molecule has 0 saturated carbocycles. The van der Waals surface area contributed by atoms with E-state index in [1.165, 1.54) is 4.31 Å². The number of aryl methyl sites for hydroxylation is 2. The molecule has 0 unspecified atom stereocenters. The van der Waals surface area contributed by atoms with E-state index < -0.39 is 10.0 Å². The average Bonchev–Trinajstić information content (AvgIpc) is 2.75. The van der Waals surface area contributed by atoms with Crippen molar-refractivity contribution in [2.24, 2.45) is 0 Å². The van der Waals surface area contributed by atoms with Crippen LogP contribution in [0.25, 0.3) is 11.1 Å². The van der Waals surface area contributed by atoms with Crippen LogP contribution < -0.4 is 9.62 Å². The fourth-order valence-corrected chi connectivity index (χ4v) is 5.70. The highest BCUT2D eigenvalue weighted by Gasteiger charge is 2.34. The molecule has 3 aromatic rings. The normalized spacial score (nSPS) is 14.0. The van der Waals surface area contributed by atoms with Crippen LogP contribution in [-0.4, -0.2) is 20.9 Å². The van der Waals surface area contributed by atoms with Crippen molar-refractivity contribution >= 4 is 27.3 Å². The molecule has 1 amide bonds. The molecule has 0 fully saturated rings. The number of hydrogen-bond acceptors (Lipinski definition) is 3. The topological polar surface area (TPSA) is 66.5 Å². The van der Waals surface area contributed by atoms with E-state index in [1.54, 1.807) is 43.3 Å².